The van der Waals surface area contributed by atoms with Crippen LogP contribution in [0, 0.1) is 0 Å². The molecule has 0 unspecified atom stereocenters. The molecule has 1 aliphatic carbocycles. The maximum absolute atomic E-state index is 6.45. The molecule has 0 saturated heterocycles. The third-order valence-corrected chi connectivity index (χ3v) is 12.6. The number of hydrogen-bond donors (Lipinski definition) is 0. The van der Waals surface area contributed by atoms with E-state index < -0.39 is 0 Å². The van der Waals surface area contributed by atoms with Crippen LogP contribution < -0.4 is 0 Å². The number of furan rings is 1. The second-order valence-electron chi connectivity index (χ2n) is 16.9. The summed E-state index contributed by atoms with van der Waals surface area (Å²) in [6, 6.07) is 69.1. The van der Waals surface area contributed by atoms with Gasteiger partial charge in [0.05, 0.1) is 17.0 Å². The van der Waals surface area contributed by atoms with Crippen molar-refractivity contribution in [2.24, 2.45) is 0 Å². The highest BCUT2D eigenvalue weighted by molar-refractivity contribution is 6.09. The first kappa shape index (κ1) is 37.4. The molecule has 0 bridgehead atoms. The third kappa shape index (κ3) is 6.38. The molecule has 3 aromatic heterocycles. The maximum Gasteiger partial charge on any atom is 0.167 e. The summed E-state index contributed by atoms with van der Waals surface area (Å²) in [6.07, 6.45) is 0. The zero-order valence-electron chi connectivity index (χ0n) is 35.2. The van der Waals surface area contributed by atoms with Gasteiger partial charge in [-0.1, -0.05) is 178 Å². The van der Waals surface area contributed by atoms with Crippen molar-refractivity contribution in [3.05, 3.63) is 211 Å². The SMILES string of the molecule is CC1(C)c2ccccc2-c2ccc(-c3nc(-c4ccccc4)cc(-c4cccc(-c5cccc(-c6nc(-c7ccccc7)nc(-c7cccc8c7oc7ccccc78)n6)c5)c4)n3)cc21. The summed E-state index contributed by atoms with van der Waals surface area (Å²) in [5.41, 5.74) is 16.0. The number of nitrogens with zero attached hydrogens (tertiary/aromatic N) is 5. The molecule has 12 rings (SSSR count). The Hall–Kier alpha value is -8.35. The minimum Gasteiger partial charge on any atom is -0.455 e. The van der Waals surface area contributed by atoms with Gasteiger partial charge in [-0.15, -0.1) is 0 Å². The molecule has 1 aliphatic rings. The molecule has 0 saturated carbocycles. The number of fused-ring (bicyclic) bond motifs is 6. The summed E-state index contributed by atoms with van der Waals surface area (Å²) in [7, 11) is 0. The van der Waals surface area contributed by atoms with Gasteiger partial charge in [0.25, 0.3) is 0 Å². The smallest absolute Gasteiger partial charge is 0.167 e. The first-order valence-electron chi connectivity index (χ1n) is 21.6. The van der Waals surface area contributed by atoms with Gasteiger partial charge in [0, 0.05) is 44.0 Å². The lowest BCUT2D eigenvalue weighted by Crippen LogP contribution is -2.15. The van der Waals surface area contributed by atoms with E-state index in [1.54, 1.807) is 0 Å². The quantitative estimate of drug-likeness (QED) is 0.159. The van der Waals surface area contributed by atoms with Gasteiger partial charge in [-0.2, -0.15) is 0 Å². The molecule has 8 aromatic carbocycles. The Kier molecular flexibility index (Phi) is 8.73. The number of hydrogen-bond acceptors (Lipinski definition) is 6. The summed E-state index contributed by atoms with van der Waals surface area (Å²) in [5, 5.41) is 2.08. The van der Waals surface area contributed by atoms with Crippen molar-refractivity contribution in [2.45, 2.75) is 19.3 Å². The van der Waals surface area contributed by atoms with E-state index in [1.165, 1.54) is 22.3 Å². The molecule has 64 heavy (non-hydrogen) atoms. The van der Waals surface area contributed by atoms with Gasteiger partial charge < -0.3 is 4.42 Å². The Morgan fingerprint density at radius 2 is 0.844 bits per heavy atom. The van der Waals surface area contributed by atoms with Crippen LogP contribution in [-0.4, -0.2) is 24.9 Å². The fraction of sp³-hybridized carbons (Fsp3) is 0.0517. The second kappa shape index (κ2) is 14.9. The first-order valence-corrected chi connectivity index (χ1v) is 21.6. The van der Waals surface area contributed by atoms with Gasteiger partial charge in [-0.25, -0.2) is 24.9 Å². The van der Waals surface area contributed by atoms with Gasteiger partial charge in [-0.05, 0) is 69.8 Å². The highest BCUT2D eigenvalue weighted by atomic mass is 16.3. The Balaban J connectivity index is 0.953. The van der Waals surface area contributed by atoms with E-state index in [0.29, 0.717) is 23.3 Å². The molecule has 0 atom stereocenters. The molecule has 3 heterocycles. The van der Waals surface area contributed by atoms with E-state index >= 15 is 0 Å². The van der Waals surface area contributed by atoms with Crippen LogP contribution in [-0.2, 0) is 5.41 Å². The molecule has 6 nitrogen and oxygen atoms in total. The average molecular weight is 822 g/mol. The van der Waals surface area contributed by atoms with E-state index in [4.69, 9.17) is 29.3 Å². The molecule has 11 aromatic rings. The number of benzene rings is 8. The fourth-order valence-corrected chi connectivity index (χ4v) is 9.29. The third-order valence-electron chi connectivity index (χ3n) is 12.6. The van der Waals surface area contributed by atoms with Crippen LogP contribution in [0.15, 0.2) is 205 Å². The molecule has 0 N–H and O–H groups in total. The molecule has 0 amide bonds. The normalized spacial score (nSPS) is 12.7. The highest BCUT2D eigenvalue weighted by Gasteiger charge is 2.35. The molecule has 0 fully saturated rings. The van der Waals surface area contributed by atoms with Gasteiger partial charge in [-0.3, -0.25) is 0 Å². The van der Waals surface area contributed by atoms with Crippen LogP contribution in [0.1, 0.15) is 25.0 Å². The molecule has 0 aliphatic heterocycles. The van der Waals surface area contributed by atoms with Crippen molar-refractivity contribution in [1.29, 1.82) is 0 Å². The van der Waals surface area contributed by atoms with E-state index in [-0.39, 0.29) is 5.41 Å². The van der Waals surface area contributed by atoms with E-state index in [2.05, 4.69) is 147 Å². The Labute approximate surface area is 370 Å². The number of aromatic nitrogens is 5. The topological polar surface area (TPSA) is 77.6 Å². The minimum absolute atomic E-state index is 0.140. The number of para-hydroxylation sites is 2. The lowest BCUT2D eigenvalue weighted by atomic mass is 9.82. The molecular formula is C58H39N5O. The van der Waals surface area contributed by atoms with Gasteiger partial charge in [0.2, 0.25) is 0 Å². The predicted octanol–water partition coefficient (Wildman–Crippen LogP) is 14.5. The van der Waals surface area contributed by atoms with Crippen LogP contribution in [0.25, 0.3) is 112 Å². The Bertz CT molecular complexity index is 3590. The zero-order chi connectivity index (χ0) is 42.8. The number of rotatable bonds is 7. The van der Waals surface area contributed by atoms with Crippen LogP contribution in [0.2, 0.25) is 0 Å². The predicted molar refractivity (Wildman–Crippen MR) is 258 cm³/mol. The lowest BCUT2D eigenvalue weighted by Gasteiger charge is -2.21. The largest absolute Gasteiger partial charge is 0.455 e. The van der Waals surface area contributed by atoms with Crippen LogP contribution >= 0.6 is 0 Å². The monoisotopic (exact) mass is 821 g/mol. The van der Waals surface area contributed by atoms with Gasteiger partial charge in [0.1, 0.15) is 11.2 Å². The van der Waals surface area contributed by atoms with Crippen molar-refractivity contribution < 1.29 is 4.42 Å². The van der Waals surface area contributed by atoms with Gasteiger partial charge >= 0.3 is 0 Å². The van der Waals surface area contributed by atoms with Crippen molar-refractivity contribution in [3.8, 4) is 90.3 Å². The van der Waals surface area contributed by atoms with Crippen LogP contribution in [0.5, 0.6) is 0 Å². The Morgan fingerprint density at radius 1 is 0.328 bits per heavy atom. The summed E-state index contributed by atoms with van der Waals surface area (Å²) >= 11 is 0. The molecule has 0 radical (unpaired) electrons. The molecular weight excluding hydrogens is 783 g/mol. The second-order valence-corrected chi connectivity index (χ2v) is 16.9. The summed E-state index contributed by atoms with van der Waals surface area (Å²) in [4.78, 5) is 25.7. The van der Waals surface area contributed by atoms with E-state index in [1.807, 2.05) is 66.7 Å². The maximum atomic E-state index is 6.45. The Morgan fingerprint density at radius 3 is 1.64 bits per heavy atom. The van der Waals surface area contributed by atoms with Crippen molar-refractivity contribution >= 4 is 21.9 Å². The van der Waals surface area contributed by atoms with Gasteiger partial charge in [0.15, 0.2) is 23.3 Å². The van der Waals surface area contributed by atoms with Crippen molar-refractivity contribution in [1.82, 2.24) is 24.9 Å². The van der Waals surface area contributed by atoms with Crippen LogP contribution in [0.3, 0.4) is 0 Å². The fourth-order valence-electron chi connectivity index (χ4n) is 9.29. The zero-order valence-corrected chi connectivity index (χ0v) is 35.2. The van der Waals surface area contributed by atoms with E-state index in [9.17, 15) is 0 Å². The molecule has 302 valence electrons. The van der Waals surface area contributed by atoms with E-state index in [0.717, 1.165) is 77.8 Å². The molecule has 0 spiro atoms. The minimum atomic E-state index is -0.140. The van der Waals surface area contributed by atoms with Crippen LogP contribution in [0.4, 0.5) is 0 Å². The average Bonchev–Trinajstić information content (AvgIpc) is 3.86. The van der Waals surface area contributed by atoms with Crippen molar-refractivity contribution in [2.75, 3.05) is 0 Å². The first-order chi connectivity index (χ1) is 31.4. The highest BCUT2D eigenvalue weighted by Crippen LogP contribution is 2.49. The molecule has 6 heteroatoms. The standard InChI is InChI=1S/C58H39N5O/c1-58(2)48-28-11-9-24-43(48)44-31-30-42(34-49(44)58)55-59-50(36-16-5-3-6-17-36)35-51(60-55)40-22-13-20-38(32-40)39-21-14-23-41(33-39)56-61-54(37-18-7-4-8-19-37)62-57(63-56)47-27-15-26-46-45-25-10-12-29-52(45)64-53(46)47/h3-35H,1-2H3. The summed E-state index contributed by atoms with van der Waals surface area (Å²) in [6.45, 7) is 4.61. The van der Waals surface area contributed by atoms with Crippen molar-refractivity contribution in [3.63, 3.8) is 0 Å². The lowest BCUT2D eigenvalue weighted by molar-refractivity contribution is 0.660. The summed E-state index contributed by atoms with van der Waals surface area (Å²) < 4.78 is 6.45. The summed E-state index contributed by atoms with van der Waals surface area (Å²) in [5.74, 6) is 2.40.